The average molecular weight is 352 g/mol. The van der Waals surface area contributed by atoms with E-state index in [1.807, 2.05) is 12.1 Å². The molecular weight excluding hydrogens is 326 g/mol. The minimum Gasteiger partial charge on any atom is -0.508 e. The van der Waals surface area contributed by atoms with Gasteiger partial charge in [0.15, 0.2) is 0 Å². The number of rotatable bonds is 6. The topological polar surface area (TPSA) is 23.5 Å². The highest BCUT2D eigenvalue weighted by atomic mass is 35.5. The summed E-state index contributed by atoms with van der Waals surface area (Å²) in [5.74, 6) is 0.483. The highest BCUT2D eigenvalue weighted by Gasteiger charge is 2.25. The number of nitrogens with zero attached hydrogens (tertiary/aromatic N) is 1. The van der Waals surface area contributed by atoms with E-state index in [0.717, 1.165) is 32.2 Å². The second kappa shape index (κ2) is 8.72. The predicted octanol–water partition coefficient (Wildman–Crippen LogP) is 4.69. The zero-order chi connectivity index (χ0) is 15.4. The maximum Gasteiger partial charge on any atom is 0.119 e. The van der Waals surface area contributed by atoms with Crippen LogP contribution in [0.2, 0.25) is 0 Å². The van der Waals surface area contributed by atoms with Crippen LogP contribution in [-0.4, -0.2) is 29.1 Å². The number of phenolic OH excluding ortho intramolecular Hbond substituents is 1. The molecule has 2 aromatic rings. The van der Waals surface area contributed by atoms with Gasteiger partial charge in [0.05, 0.1) is 0 Å². The fraction of sp³-hybridized carbons (Fsp3) is 0.474. The molecule has 1 aromatic heterocycles. The summed E-state index contributed by atoms with van der Waals surface area (Å²) in [5.41, 5.74) is 3.97. The lowest BCUT2D eigenvalue weighted by Crippen LogP contribution is -2.41. The van der Waals surface area contributed by atoms with Gasteiger partial charge in [-0.1, -0.05) is 19.1 Å². The first-order chi connectivity index (χ1) is 10.8. The van der Waals surface area contributed by atoms with Crippen LogP contribution in [0.4, 0.5) is 0 Å². The summed E-state index contributed by atoms with van der Waals surface area (Å²) >= 11 is 1.79. The molecule has 0 aliphatic heterocycles. The number of thiophene rings is 1. The van der Waals surface area contributed by atoms with E-state index in [2.05, 4.69) is 34.7 Å². The van der Waals surface area contributed by atoms with Gasteiger partial charge in [-0.2, -0.15) is 11.3 Å². The van der Waals surface area contributed by atoms with E-state index in [1.54, 1.807) is 11.3 Å². The molecule has 1 aliphatic rings. The van der Waals surface area contributed by atoms with E-state index in [4.69, 9.17) is 0 Å². The normalized spacial score (nSPS) is 16.9. The second-order valence-corrected chi connectivity index (χ2v) is 7.01. The molecule has 1 aliphatic carbocycles. The minimum absolute atomic E-state index is 0. The first kappa shape index (κ1) is 18.3. The number of benzene rings is 1. The molecule has 1 N–H and O–H groups in total. The summed E-state index contributed by atoms with van der Waals surface area (Å²) in [6, 6.07) is 8.84. The molecule has 0 saturated carbocycles. The summed E-state index contributed by atoms with van der Waals surface area (Å²) in [6.07, 6.45) is 5.59. The summed E-state index contributed by atoms with van der Waals surface area (Å²) in [5, 5.41) is 14.4. The molecule has 4 heteroatoms. The largest absolute Gasteiger partial charge is 0.508 e. The Hall–Kier alpha value is -1.03. The number of hydrogen-bond donors (Lipinski definition) is 1. The SMILES string of the molecule is CCCN(CCc1ccsc1)[C@H]1CCc2c(O)cccc2C1.Cl. The molecule has 0 radical (unpaired) electrons. The van der Waals surface area contributed by atoms with Crippen LogP contribution in [0, 0.1) is 0 Å². The average Bonchev–Trinajstić information content (AvgIpc) is 3.05. The number of phenols is 1. The lowest BCUT2D eigenvalue weighted by atomic mass is 9.86. The van der Waals surface area contributed by atoms with Crippen molar-refractivity contribution in [2.24, 2.45) is 0 Å². The Balaban J connectivity index is 0.00000192. The highest BCUT2D eigenvalue weighted by Crippen LogP contribution is 2.30. The molecule has 0 spiro atoms. The molecule has 0 bridgehead atoms. The summed E-state index contributed by atoms with van der Waals surface area (Å²) in [6.45, 7) is 4.58. The van der Waals surface area contributed by atoms with Crippen molar-refractivity contribution in [1.82, 2.24) is 4.90 Å². The Labute approximate surface area is 149 Å². The van der Waals surface area contributed by atoms with E-state index in [1.165, 1.54) is 29.7 Å². The first-order valence-electron chi connectivity index (χ1n) is 8.32. The molecule has 0 saturated heterocycles. The molecule has 0 fully saturated rings. The van der Waals surface area contributed by atoms with Gasteiger partial charge in [-0.15, -0.1) is 12.4 Å². The van der Waals surface area contributed by atoms with E-state index < -0.39 is 0 Å². The Morgan fingerprint density at radius 1 is 1.26 bits per heavy atom. The summed E-state index contributed by atoms with van der Waals surface area (Å²) < 4.78 is 0. The monoisotopic (exact) mass is 351 g/mol. The molecule has 0 amide bonds. The van der Waals surface area contributed by atoms with Gasteiger partial charge in [0.25, 0.3) is 0 Å². The third kappa shape index (κ3) is 4.50. The van der Waals surface area contributed by atoms with Gasteiger partial charge < -0.3 is 5.11 Å². The quantitative estimate of drug-likeness (QED) is 0.816. The summed E-state index contributed by atoms with van der Waals surface area (Å²) in [4.78, 5) is 2.66. The van der Waals surface area contributed by atoms with Gasteiger partial charge in [0.1, 0.15) is 5.75 Å². The van der Waals surface area contributed by atoms with Crippen molar-refractivity contribution >= 4 is 23.7 Å². The van der Waals surface area contributed by atoms with Crippen LogP contribution in [0.25, 0.3) is 0 Å². The molecule has 1 aromatic carbocycles. The Kier molecular flexibility index (Phi) is 6.94. The van der Waals surface area contributed by atoms with E-state index in [0.29, 0.717) is 11.8 Å². The van der Waals surface area contributed by atoms with Crippen molar-refractivity contribution in [2.45, 2.75) is 45.1 Å². The molecule has 0 unspecified atom stereocenters. The van der Waals surface area contributed by atoms with Gasteiger partial charge >= 0.3 is 0 Å². The van der Waals surface area contributed by atoms with Crippen LogP contribution < -0.4 is 0 Å². The van der Waals surface area contributed by atoms with Crippen LogP contribution in [0.5, 0.6) is 5.75 Å². The molecule has 23 heavy (non-hydrogen) atoms. The zero-order valence-corrected chi connectivity index (χ0v) is 15.3. The smallest absolute Gasteiger partial charge is 0.119 e. The van der Waals surface area contributed by atoms with Crippen LogP contribution in [0.15, 0.2) is 35.0 Å². The third-order valence-electron chi connectivity index (χ3n) is 4.73. The Morgan fingerprint density at radius 3 is 2.87 bits per heavy atom. The van der Waals surface area contributed by atoms with Crippen molar-refractivity contribution in [1.29, 1.82) is 0 Å². The van der Waals surface area contributed by atoms with Gasteiger partial charge in [-0.25, -0.2) is 0 Å². The maximum atomic E-state index is 10.0. The number of hydrogen-bond acceptors (Lipinski definition) is 3. The minimum atomic E-state index is 0. The number of fused-ring (bicyclic) bond motifs is 1. The van der Waals surface area contributed by atoms with Gasteiger partial charge in [0.2, 0.25) is 0 Å². The van der Waals surface area contributed by atoms with Crippen molar-refractivity contribution in [3.63, 3.8) is 0 Å². The second-order valence-electron chi connectivity index (χ2n) is 6.23. The fourth-order valence-corrected chi connectivity index (χ4v) is 4.25. The molecule has 3 rings (SSSR count). The van der Waals surface area contributed by atoms with Gasteiger partial charge in [0, 0.05) is 12.6 Å². The highest BCUT2D eigenvalue weighted by molar-refractivity contribution is 7.07. The molecule has 1 heterocycles. The van der Waals surface area contributed by atoms with Crippen molar-refractivity contribution in [3.05, 3.63) is 51.7 Å². The molecule has 1 atom stereocenters. The van der Waals surface area contributed by atoms with E-state index in [-0.39, 0.29) is 12.4 Å². The lowest BCUT2D eigenvalue weighted by Gasteiger charge is -2.35. The van der Waals surface area contributed by atoms with Crippen molar-refractivity contribution < 1.29 is 5.11 Å². The van der Waals surface area contributed by atoms with Crippen LogP contribution in [-0.2, 0) is 19.3 Å². The Morgan fingerprint density at radius 2 is 2.13 bits per heavy atom. The van der Waals surface area contributed by atoms with Crippen LogP contribution in [0.1, 0.15) is 36.5 Å². The van der Waals surface area contributed by atoms with E-state index in [9.17, 15) is 5.11 Å². The van der Waals surface area contributed by atoms with Crippen molar-refractivity contribution in [3.8, 4) is 5.75 Å². The number of halogens is 1. The van der Waals surface area contributed by atoms with Crippen LogP contribution in [0.3, 0.4) is 0 Å². The fourth-order valence-electron chi connectivity index (χ4n) is 3.55. The van der Waals surface area contributed by atoms with Crippen molar-refractivity contribution in [2.75, 3.05) is 13.1 Å². The van der Waals surface area contributed by atoms with E-state index >= 15 is 0 Å². The molecule has 126 valence electrons. The molecule has 2 nitrogen and oxygen atoms in total. The standard InChI is InChI=1S/C19H25NOS.ClH/c1-2-10-20(11-8-15-9-12-22-14-15)17-6-7-18-16(13-17)4-3-5-19(18)21;/h3-5,9,12,14,17,21H,2,6-8,10-11,13H2,1H3;1H/t17-;/m0./s1. The third-order valence-corrected chi connectivity index (χ3v) is 5.46. The number of aromatic hydroxyl groups is 1. The van der Waals surface area contributed by atoms with Crippen LogP contribution >= 0.6 is 23.7 Å². The van der Waals surface area contributed by atoms with Gasteiger partial charge in [-0.05, 0) is 78.2 Å². The maximum absolute atomic E-state index is 10.0. The molecular formula is C19H26ClNOS. The van der Waals surface area contributed by atoms with Gasteiger partial charge in [-0.3, -0.25) is 4.90 Å². The lowest BCUT2D eigenvalue weighted by molar-refractivity contribution is 0.181. The zero-order valence-electron chi connectivity index (χ0n) is 13.7. The first-order valence-corrected chi connectivity index (χ1v) is 9.27. The summed E-state index contributed by atoms with van der Waals surface area (Å²) in [7, 11) is 0. The predicted molar refractivity (Wildman–Crippen MR) is 101 cm³/mol. The Bertz CT molecular complexity index is 599.